The molecular weight excluding hydrogens is 328 g/mol. The van der Waals surface area contributed by atoms with Gasteiger partial charge in [-0.1, -0.05) is 56.3 Å². The number of imidazole rings is 1. The predicted molar refractivity (Wildman–Crippen MR) is 97.9 cm³/mol. The number of rotatable bonds is 4. The summed E-state index contributed by atoms with van der Waals surface area (Å²) < 4.78 is 7.50. The van der Waals surface area contributed by atoms with Crippen LogP contribution in [0.3, 0.4) is 0 Å². The van der Waals surface area contributed by atoms with E-state index in [4.69, 9.17) is 4.52 Å². The van der Waals surface area contributed by atoms with E-state index < -0.39 is 0 Å². The summed E-state index contributed by atoms with van der Waals surface area (Å²) in [6.07, 6.45) is 4.75. The maximum atomic E-state index is 5.44. The summed E-state index contributed by atoms with van der Waals surface area (Å²) in [5.74, 6) is 2.15. The van der Waals surface area contributed by atoms with Crippen LogP contribution in [0.4, 0.5) is 0 Å². The molecule has 3 heterocycles. The molecule has 0 aliphatic carbocycles. The Hall–Kier alpha value is -2.51. The van der Waals surface area contributed by atoms with Crippen LogP contribution >= 0.6 is 0 Å². The molecule has 1 aromatic carbocycles. The van der Waals surface area contributed by atoms with Crippen molar-refractivity contribution in [1.82, 2.24) is 30.5 Å². The second-order valence-electron chi connectivity index (χ2n) is 7.79. The third-order valence-corrected chi connectivity index (χ3v) is 4.81. The lowest BCUT2D eigenvalue weighted by molar-refractivity contribution is 0.285. The minimum absolute atomic E-state index is 0.158. The van der Waals surface area contributed by atoms with Crippen LogP contribution in [-0.4, -0.2) is 25.7 Å². The van der Waals surface area contributed by atoms with Crippen molar-refractivity contribution in [2.45, 2.75) is 45.8 Å². The number of nitrogens with one attached hydrogen (secondary N) is 2. The lowest BCUT2D eigenvalue weighted by Crippen LogP contribution is -2.39. The van der Waals surface area contributed by atoms with Crippen molar-refractivity contribution >= 4 is 0 Å². The molecule has 0 spiro atoms. The zero-order valence-electron chi connectivity index (χ0n) is 15.3. The molecule has 0 bridgehead atoms. The second-order valence-corrected chi connectivity index (χ2v) is 7.79. The first-order valence-electron chi connectivity index (χ1n) is 8.91. The summed E-state index contributed by atoms with van der Waals surface area (Å²) in [5, 5.41) is 4.09. The Balaban J connectivity index is 1.49. The van der Waals surface area contributed by atoms with Crippen LogP contribution in [0.1, 0.15) is 44.9 Å². The lowest BCUT2D eigenvalue weighted by atomic mass is 9.84. The number of aromatic nitrogens is 4. The minimum Gasteiger partial charge on any atom is -0.337 e. The largest absolute Gasteiger partial charge is 0.337 e. The minimum atomic E-state index is 0.158. The quantitative estimate of drug-likeness (QED) is 0.751. The molecule has 2 unspecified atom stereocenters. The topological polar surface area (TPSA) is 80.8 Å². The van der Waals surface area contributed by atoms with Gasteiger partial charge in [-0.25, -0.2) is 10.4 Å². The molecule has 3 aromatic rings. The highest BCUT2D eigenvalue weighted by molar-refractivity contribution is 5.53. The van der Waals surface area contributed by atoms with Gasteiger partial charge in [0.2, 0.25) is 11.7 Å². The van der Waals surface area contributed by atoms with E-state index in [9.17, 15) is 0 Å². The molecule has 2 N–H and O–H groups in total. The summed E-state index contributed by atoms with van der Waals surface area (Å²) in [5.41, 5.74) is 7.91. The van der Waals surface area contributed by atoms with Crippen LogP contribution in [0.2, 0.25) is 0 Å². The standard InChI is InChI=1S/C19H24N6O/c1-19(2,3)15-11-14(22-23-15)18-20-9-10-25(18)12-16-21-17(24-26-16)13-7-5-4-6-8-13/h4-10,14-15,22-23H,11-12H2,1-3H3. The Morgan fingerprint density at radius 3 is 2.73 bits per heavy atom. The maximum Gasteiger partial charge on any atom is 0.246 e. The normalized spacial score (nSPS) is 20.6. The van der Waals surface area contributed by atoms with Crippen molar-refractivity contribution in [3.05, 3.63) is 54.4 Å². The van der Waals surface area contributed by atoms with E-state index in [0.29, 0.717) is 24.3 Å². The fourth-order valence-electron chi connectivity index (χ4n) is 3.23. The molecule has 2 aromatic heterocycles. The smallest absolute Gasteiger partial charge is 0.246 e. The van der Waals surface area contributed by atoms with Crippen molar-refractivity contribution in [2.24, 2.45) is 5.41 Å². The number of hydrogen-bond donors (Lipinski definition) is 2. The molecule has 4 rings (SSSR count). The lowest BCUT2D eigenvalue weighted by Gasteiger charge is -2.26. The van der Waals surface area contributed by atoms with Crippen LogP contribution < -0.4 is 10.9 Å². The van der Waals surface area contributed by atoms with Crippen LogP contribution in [0, 0.1) is 5.41 Å². The predicted octanol–water partition coefficient (Wildman–Crippen LogP) is 2.94. The molecule has 1 saturated heterocycles. The molecule has 1 aliphatic rings. The van der Waals surface area contributed by atoms with E-state index in [2.05, 4.69) is 51.3 Å². The van der Waals surface area contributed by atoms with Crippen molar-refractivity contribution in [3.63, 3.8) is 0 Å². The highest BCUT2D eigenvalue weighted by Crippen LogP contribution is 2.31. The van der Waals surface area contributed by atoms with E-state index in [1.807, 2.05) is 42.7 Å². The van der Waals surface area contributed by atoms with E-state index in [0.717, 1.165) is 17.8 Å². The van der Waals surface area contributed by atoms with Crippen LogP contribution in [0.25, 0.3) is 11.4 Å². The van der Waals surface area contributed by atoms with E-state index >= 15 is 0 Å². The highest BCUT2D eigenvalue weighted by Gasteiger charge is 2.35. The highest BCUT2D eigenvalue weighted by atomic mass is 16.5. The third-order valence-electron chi connectivity index (χ3n) is 4.81. The molecule has 7 heteroatoms. The van der Waals surface area contributed by atoms with Gasteiger partial charge >= 0.3 is 0 Å². The number of benzene rings is 1. The second kappa shape index (κ2) is 6.66. The van der Waals surface area contributed by atoms with Gasteiger partial charge in [0.1, 0.15) is 12.4 Å². The van der Waals surface area contributed by atoms with Crippen molar-refractivity contribution in [1.29, 1.82) is 0 Å². The van der Waals surface area contributed by atoms with Gasteiger partial charge in [0.05, 0.1) is 6.04 Å². The summed E-state index contributed by atoms with van der Waals surface area (Å²) in [4.78, 5) is 9.06. The first-order chi connectivity index (χ1) is 12.5. The first-order valence-corrected chi connectivity index (χ1v) is 8.91. The van der Waals surface area contributed by atoms with Crippen molar-refractivity contribution in [2.75, 3.05) is 0 Å². The molecule has 0 amide bonds. The van der Waals surface area contributed by atoms with Crippen LogP contribution in [0.15, 0.2) is 47.2 Å². The van der Waals surface area contributed by atoms with Gasteiger partial charge in [0, 0.05) is 24.0 Å². The molecule has 7 nitrogen and oxygen atoms in total. The fraction of sp³-hybridized carbons (Fsp3) is 0.421. The molecule has 1 aliphatic heterocycles. The Bertz CT molecular complexity index is 864. The summed E-state index contributed by atoms with van der Waals surface area (Å²) in [6, 6.07) is 10.4. The van der Waals surface area contributed by atoms with E-state index in [1.54, 1.807) is 0 Å². The fourth-order valence-corrected chi connectivity index (χ4v) is 3.23. The van der Waals surface area contributed by atoms with Crippen molar-refractivity contribution in [3.8, 4) is 11.4 Å². The molecule has 26 heavy (non-hydrogen) atoms. The molecule has 2 atom stereocenters. The third kappa shape index (κ3) is 3.40. The molecule has 1 fully saturated rings. The Labute approximate surface area is 152 Å². The maximum absolute atomic E-state index is 5.44. The molecule has 136 valence electrons. The van der Waals surface area contributed by atoms with Gasteiger partial charge in [-0.05, 0) is 11.8 Å². The number of nitrogens with zero attached hydrogens (tertiary/aromatic N) is 4. The molecule has 0 saturated carbocycles. The Kier molecular flexibility index (Phi) is 4.34. The van der Waals surface area contributed by atoms with Crippen molar-refractivity contribution < 1.29 is 4.52 Å². The summed E-state index contributed by atoms with van der Waals surface area (Å²) >= 11 is 0. The van der Waals surface area contributed by atoms with E-state index in [-0.39, 0.29) is 11.5 Å². The van der Waals surface area contributed by atoms with Gasteiger partial charge in [-0.3, -0.25) is 5.43 Å². The summed E-state index contributed by atoms with van der Waals surface area (Å²) in [6.45, 7) is 7.23. The van der Waals surface area contributed by atoms with E-state index in [1.165, 1.54) is 0 Å². The SMILES string of the molecule is CC(C)(C)C1CC(c2nccn2Cc2nc(-c3ccccc3)no2)NN1. The van der Waals surface area contributed by atoms with Crippen LogP contribution in [0.5, 0.6) is 0 Å². The van der Waals surface area contributed by atoms with Gasteiger partial charge in [-0.15, -0.1) is 0 Å². The zero-order valence-corrected chi connectivity index (χ0v) is 15.3. The zero-order chi connectivity index (χ0) is 18.1. The summed E-state index contributed by atoms with van der Waals surface area (Å²) in [7, 11) is 0. The van der Waals surface area contributed by atoms with Crippen LogP contribution in [-0.2, 0) is 6.54 Å². The Morgan fingerprint density at radius 2 is 2.00 bits per heavy atom. The number of hydrazine groups is 1. The number of hydrogen-bond acceptors (Lipinski definition) is 6. The van der Waals surface area contributed by atoms with Gasteiger partial charge in [0.25, 0.3) is 0 Å². The average molecular weight is 352 g/mol. The van der Waals surface area contributed by atoms with Gasteiger partial charge < -0.3 is 9.09 Å². The monoisotopic (exact) mass is 352 g/mol. The molecular formula is C19H24N6O. The first kappa shape index (κ1) is 16.9. The average Bonchev–Trinajstić information content (AvgIpc) is 3.35. The molecule has 0 radical (unpaired) electrons. The van der Waals surface area contributed by atoms with Gasteiger partial charge in [0.15, 0.2) is 0 Å². The Morgan fingerprint density at radius 1 is 1.19 bits per heavy atom. The van der Waals surface area contributed by atoms with Gasteiger partial charge in [-0.2, -0.15) is 4.98 Å².